The van der Waals surface area contributed by atoms with Gasteiger partial charge in [0.15, 0.2) is 0 Å². The van der Waals surface area contributed by atoms with Crippen LogP contribution in [0, 0.1) is 5.82 Å². The Morgan fingerprint density at radius 1 is 1.38 bits per heavy atom. The highest BCUT2D eigenvalue weighted by atomic mass is 79.9. The molecule has 13 heavy (non-hydrogen) atoms. The molecular formula is C7H4BrFN4. The topological polar surface area (TPSA) is 43.6 Å². The standard InChI is InChI=1S/C7H4BrFN4/c8-6-3-5(1-2-7(6)9)13-4-10-11-12-13/h1-4H. The summed E-state index contributed by atoms with van der Waals surface area (Å²) in [4.78, 5) is 0. The van der Waals surface area contributed by atoms with Gasteiger partial charge in [-0.05, 0) is 44.6 Å². The molecule has 1 heterocycles. The summed E-state index contributed by atoms with van der Waals surface area (Å²) in [5, 5.41) is 10.6. The van der Waals surface area contributed by atoms with Gasteiger partial charge in [-0.1, -0.05) is 0 Å². The molecule has 0 bridgehead atoms. The van der Waals surface area contributed by atoms with Gasteiger partial charge in [-0.25, -0.2) is 9.07 Å². The summed E-state index contributed by atoms with van der Waals surface area (Å²) >= 11 is 3.07. The molecule has 0 spiro atoms. The van der Waals surface area contributed by atoms with Crippen molar-refractivity contribution >= 4 is 15.9 Å². The van der Waals surface area contributed by atoms with Crippen molar-refractivity contribution in [3.63, 3.8) is 0 Å². The second-order valence-electron chi connectivity index (χ2n) is 2.35. The summed E-state index contributed by atoms with van der Waals surface area (Å²) in [5.41, 5.74) is 0.707. The highest BCUT2D eigenvalue weighted by Crippen LogP contribution is 2.18. The van der Waals surface area contributed by atoms with E-state index in [4.69, 9.17) is 0 Å². The summed E-state index contributed by atoms with van der Waals surface area (Å²) in [5.74, 6) is -0.308. The molecule has 0 N–H and O–H groups in total. The lowest BCUT2D eigenvalue weighted by Gasteiger charge is -1.99. The van der Waals surface area contributed by atoms with E-state index in [1.807, 2.05) is 0 Å². The van der Waals surface area contributed by atoms with Crippen LogP contribution in [0.5, 0.6) is 0 Å². The lowest BCUT2D eigenvalue weighted by atomic mass is 10.3. The molecule has 0 atom stereocenters. The average Bonchev–Trinajstić information content (AvgIpc) is 2.62. The second kappa shape index (κ2) is 3.21. The molecule has 2 rings (SSSR count). The van der Waals surface area contributed by atoms with Crippen LogP contribution < -0.4 is 0 Å². The molecule has 4 nitrogen and oxygen atoms in total. The van der Waals surface area contributed by atoms with Crippen LogP contribution in [0.3, 0.4) is 0 Å². The molecule has 1 aromatic carbocycles. The molecule has 0 aliphatic heterocycles. The van der Waals surface area contributed by atoms with Crippen LogP contribution in [0.25, 0.3) is 5.69 Å². The zero-order chi connectivity index (χ0) is 9.26. The summed E-state index contributed by atoms with van der Waals surface area (Å²) in [6.45, 7) is 0. The van der Waals surface area contributed by atoms with Gasteiger partial charge in [-0.15, -0.1) is 5.10 Å². The smallest absolute Gasteiger partial charge is 0.143 e. The van der Waals surface area contributed by atoms with Crippen LogP contribution in [-0.4, -0.2) is 20.2 Å². The molecule has 0 fully saturated rings. The van der Waals surface area contributed by atoms with Crippen LogP contribution in [0.15, 0.2) is 29.0 Å². The maximum atomic E-state index is 12.8. The number of rotatable bonds is 1. The van der Waals surface area contributed by atoms with E-state index < -0.39 is 0 Å². The number of aromatic nitrogens is 4. The quantitative estimate of drug-likeness (QED) is 0.763. The number of hydrogen-bond donors (Lipinski definition) is 0. The SMILES string of the molecule is Fc1ccc(-n2cnnn2)cc1Br. The maximum Gasteiger partial charge on any atom is 0.143 e. The Morgan fingerprint density at radius 3 is 2.85 bits per heavy atom. The molecule has 2 aromatic rings. The number of hydrogen-bond acceptors (Lipinski definition) is 3. The van der Waals surface area contributed by atoms with E-state index in [0.29, 0.717) is 10.2 Å². The van der Waals surface area contributed by atoms with Crippen LogP contribution >= 0.6 is 15.9 Å². The molecule has 0 aliphatic rings. The lowest BCUT2D eigenvalue weighted by molar-refractivity contribution is 0.620. The molecule has 0 aliphatic carbocycles. The van der Waals surface area contributed by atoms with Crippen molar-refractivity contribution in [2.75, 3.05) is 0 Å². The number of benzene rings is 1. The minimum Gasteiger partial charge on any atom is -0.206 e. The fourth-order valence-corrected chi connectivity index (χ4v) is 1.27. The molecule has 0 amide bonds. The van der Waals surface area contributed by atoms with Crippen LogP contribution in [0.4, 0.5) is 4.39 Å². The van der Waals surface area contributed by atoms with Gasteiger partial charge >= 0.3 is 0 Å². The first kappa shape index (κ1) is 8.31. The van der Waals surface area contributed by atoms with E-state index in [9.17, 15) is 4.39 Å². The summed E-state index contributed by atoms with van der Waals surface area (Å²) in [6, 6.07) is 4.54. The van der Waals surface area contributed by atoms with E-state index in [-0.39, 0.29) is 5.82 Å². The maximum absolute atomic E-state index is 12.8. The van der Waals surface area contributed by atoms with Gasteiger partial charge in [0, 0.05) is 0 Å². The van der Waals surface area contributed by atoms with E-state index in [1.54, 1.807) is 12.1 Å². The predicted octanol–water partition coefficient (Wildman–Crippen LogP) is 1.56. The third-order valence-corrected chi connectivity index (χ3v) is 2.12. The number of nitrogens with zero attached hydrogens (tertiary/aromatic N) is 4. The largest absolute Gasteiger partial charge is 0.206 e. The Bertz CT molecular complexity index is 414. The van der Waals surface area contributed by atoms with Gasteiger partial charge < -0.3 is 0 Å². The monoisotopic (exact) mass is 242 g/mol. The third kappa shape index (κ3) is 1.57. The molecule has 6 heteroatoms. The predicted molar refractivity (Wildman–Crippen MR) is 46.8 cm³/mol. The molecule has 0 saturated heterocycles. The molecule has 0 saturated carbocycles. The number of tetrazole rings is 1. The minimum atomic E-state index is -0.308. The fraction of sp³-hybridized carbons (Fsp3) is 0. The average molecular weight is 243 g/mol. The lowest BCUT2D eigenvalue weighted by Crippen LogP contribution is -1.95. The first-order valence-electron chi connectivity index (χ1n) is 3.46. The fourth-order valence-electron chi connectivity index (χ4n) is 0.907. The van der Waals surface area contributed by atoms with Crippen molar-refractivity contribution in [2.45, 2.75) is 0 Å². The molecular weight excluding hydrogens is 239 g/mol. The van der Waals surface area contributed by atoms with Gasteiger partial charge in [0.2, 0.25) is 0 Å². The summed E-state index contributed by atoms with van der Waals surface area (Å²) in [6.07, 6.45) is 1.44. The minimum absolute atomic E-state index is 0.308. The highest BCUT2D eigenvalue weighted by molar-refractivity contribution is 9.10. The second-order valence-corrected chi connectivity index (χ2v) is 3.21. The molecule has 0 unspecified atom stereocenters. The van der Waals surface area contributed by atoms with Gasteiger partial charge in [-0.2, -0.15) is 0 Å². The Morgan fingerprint density at radius 2 is 2.23 bits per heavy atom. The van der Waals surface area contributed by atoms with Crippen LogP contribution in [0.2, 0.25) is 0 Å². The first-order valence-corrected chi connectivity index (χ1v) is 4.25. The Labute approximate surface area is 81.5 Å². The Balaban J connectivity index is 2.49. The molecule has 0 radical (unpaired) electrons. The van der Waals surface area contributed by atoms with Crippen molar-refractivity contribution in [3.8, 4) is 5.69 Å². The van der Waals surface area contributed by atoms with E-state index >= 15 is 0 Å². The summed E-state index contributed by atoms with van der Waals surface area (Å²) < 4.78 is 14.7. The van der Waals surface area contributed by atoms with Crippen LogP contribution in [-0.2, 0) is 0 Å². The van der Waals surface area contributed by atoms with E-state index in [1.165, 1.54) is 17.1 Å². The van der Waals surface area contributed by atoms with E-state index in [0.717, 1.165) is 0 Å². The normalized spacial score (nSPS) is 10.3. The van der Waals surface area contributed by atoms with Gasteiger partial charge in [-0.3, -0.25) is 0 Å². The zero-order valence-corrected chi connectivity index (χ0v) is 7.94. The first-order chi connectivity index (χ1) is 6.27. The van der Waals surface area contributed by atoms with Gasteiger partial charge in [0.1, 0.15) is 12.1 Å². The summed E-state index contributed by atoms with van der Waals surface area (Å²) in [7, 11) is 0. The van der Waals surface area contributed by atoms with Crippen molar-refractivity contribution < 1.29 is 4.39 Å². The van der Waals surface area contributed by atoms with E-state index in [2.05, 4.69) is 31.5 Å². The zero-order valence-electron chi connectivity index (χ0n) is 6.35. The van der Waals surface area contributed by atoms with Crippen molar-refractivity contribution in [1.82, 2.24) is 20.2 Å². The Hall–Kier alpha value is -1.30. The Kier molecular flexibility index (Phi) is 2.05. The van der Waals surface area contributed by atoms with Crippen molar-refractivity contribution in [1.29, 1.82) is 0 Å². The van der Waals surface area contributed by atoms with Gasteiger partial charge in [0.25, 0.3) is 0 Å². The highest BCUT2D eigenvalue weighted by Gasteiger charge is 2.02. The number of halogens is 2. The van der Waals surface area contributed by atoms with Gasteiger partial charge in [0.05, 0.1) is 10.2 Å². The molecule has 1 aromatic heterocycles. The molecule has 66 valence electrons. The van der Waals surface area contributed by atoms with Crippen LogP contribution in [0.1, 0.15) is 0 Å². The van der Waals surface area contributed by atoms with Crippen molar-refractivity contribution in [2.24, 2.45) is 0 Å². The van der Waals surface area contributed by atoms with Crippen molar-refractivity contribution in [3.05, 3.63) is 34.8 Å². The third-order valence-electron chi connectivity index (χ3n) is 1.52.